The highest BCUT2D eigenvalue weighted by Gasteiger charge is 2.29. The third kappa shape index (κ3) is 9.20. The molecule has 1 aromatic heterocycles. The molecule has 0 spiro atoms. The van der Waals surface area contributed by atoms with Crippen LogP contribution in [0.25, 0.3) is 0 Å². The fourth-order valence-corrected chi connectivity index (χ4v) is 3.43. The molecule has 190 valence electrons. The molecule has 2 aromatic rings. The summed E-state index contributed by atoms with van der Waals surface area (Å²) in [4.78, 5) is 56.6. The number of nitrogens with zero attached hydrogens (tertiary/aromatic N) is 1. The number of rotatable bonds is 13. The Labute approximate surface area is 204 Å². The van der Waals surface area contributed by atoms with Crippen molar-refractivity contribution in [2.45, 2.75) is 64.2 Å². The number of H-pyrrole nitrogens is 1. The molecule has 0 fully saturated rings. The van der Waals surface area contributed by atoms with Gasteiger partial charge >= 0.3 is 5.97 Å². The Hall–Kier alpha value is -3.73. The van der Waals surface area contributed by atoms with Gasteiger partial charge in [-0.1, -0.05) is 44.2 Å². The Morgan fingerprint density at radius 2 is 1.60 bits per heavy atom. The van der Waals surface area contributed by atoms with E-state index in [1.165, 1.54) is 13.3 Å². The van der Waals surface area contributed by atoms with Gasteiger partial charge in [-0.25, -0.2) is 9.78 Å². The number of aromatic amines is 1. The summed E-state index contributed by atoms with van der Waals surface area (Å²) >= 11 is 0. The van der Waals surface area contributed by atoms with E-state index >= 15 is 0 Å². The van der Waals surface area contributed by atoms with Crippen LogP contribution >= 0.6 is 0 Å². The molecule has 4 unspecified atom stereocenters. The first kappa shape index (κ1) is 27.5. The van der Waals surface area contributed by atoms with Gasteiger partial charge in [0.25, 0.3) is 0 Å². The summed E-state index contributed by atoms with van der Waals surface area (Å²) in [6.07, 6.45) is 3.63. The van der Waals surface area contributed by atoms with Crippen LogP contribution in [0.3, 0.4) is 0 Å². The molecular weight excluding hydrogens is 452 g/mol. The minimum Gasteiger partial charge on any atom is -0.480 e. The van der Waals surface area contributed by atoms with Crippen molar-refractivity contribution in [1.29, 1.82) is 0 Å². The largest absolute Gasteiger partial charge is 0.480 e. The van der Waals surface area contributed by atoms with Crippen LogP contribution in [0.15, 0.2) is 42.9 Å². The molecule has 4 atom stereocenters. The molecule has 1 aromatic carbocycles. The lowest BCUT2D eigenvalue weighted by Crippen LogP contribution is -2.57. The van der Waals surface area contributed by atoms with Gasteiger partial charge in [-0.3, -0.25) is 14.4 Å². The van der Waals surface area contributed by atoms with Crippen molar-refractivity contribution in [3.8, 4) is 0 Å². The number of carboxylic acids is 1. The lowest BCUT2D eigenvalue weighted by Gasteiger charge is -2.24. The molecule has 3 amide bonds. The Morgan fingerprint density at radius 1 is 0.943 bits per heavy atom. The molecule has 35 heavy (non-hydrogen) atoms. The number of carbonyl (C=O) groups is 4. The number of hydrogen-bond acceptors (Lipinski definition) is 6. The quantitative estimate of drug-likeness (QED) is 0.233. The van der Waals surface area contributed by atoms with Crippen LogP contribution in [-0.2, 0) is 32.0 Å². The van der Waals surface area contributed by atoms with Crippen molar-refractivity contribution in [3.05, 3.63) is 54.1 Å². The molecule has 2 rings (SSSR count). The van der Waals surface area contributed by atoms with Gasteiger partial charge in [0.2, 0.25) is 17.7 Å². The van der Waals surface area contributed by atoms with E-state index in [1.807, 2.05) is 19.9 Å². The van der Waals surface area contributed by atoms with Gasteiger partial charge in [0.05, 0.1) is 12.4 Å². The van der Waals surface area contributed by atoms with E-state index in [4.69, 9.17) is 5.73 Å². The molecule has 0 saturated carbocycles. The van der Waals surface area contributed by atoms with Crippen molar-refractivity contribution in [3.63, 3.8) is 0 Å². The first-order chi connectivity index (χ1) is 16.6. The van der Waals surface area contributed by atoms with Gasteiger partial charge in [-0.05, 0) is 24.8 Å². The highest BCUT2D eigenvalue weighted by atomic mass is 16.4. The van der Waals surface area contributed by atoms with Crippen LogP contribution in [0.1, 0.15) is 38.4 Å². The maximum atomic E-state index is 13.0. The zero-order valence-corrected chi connectivity index (χ0v) is 20.2. The average molecular weight is 487 g/mol. The molecular formula is C24H34N6O5. The standard InChI is InChI=1S/C24H34N6O5/c1-14(2)9-20(24(34)35)30-23(33)19(10-16-7-5-4-6-8-16)29-21(31)15(3)28-22(32)18(25)11-17-12-26-13-27-17/h4-8,12-15,18-20H,9-11,25H2,1-3H3,(H,26,27)(H,28,32)(H,29,31)(H,30,33)(H,34,35). The number of benzene rings is 1. The van der Waals surface area contributed by atoms with E-state index in [9.17, 15) is 24.3 Å². The van der Waals surface area contributed by atoms with Gasteiger partial charge in [0.15, 0.2) is 0 Å². The summed E-state index contributed by atoms with van der Waals surface area (Å²) in [6.45, 7) is 5.19. The van der Waals surface area contributed by atoms with E-state index < -0.39 is 47.9 Å². The van der Waals surface area contributed by atoms with Crippen LogP contribution in [0, 0.1) is 5.92 Å². The van der Waals surface area contributed by atoms with Gasteiger partial charge in [0.1, 0.15) is 18.1 Å². The second-order valence-corrected chi connectivity index (χ2v) is 8.90. The van der Waals surface area contributed by atoms with E-state index in [1.54, 1.807) is 30.5 Å². The summed E-state index contributed by atoms with van der Waals surface area (Å²) in [7, 11) is 0. The number of carbonyl (C=O) groups excluding carboxylic acids is 3. The zero-order chi connectivity index (χ0) is 26.0. The smallest absolute Gasteiger partial charge is 0.326 e. The number of aromatic nitrogens is 2. The third-order valence-corrected chi connectivity index (χ3v) is 5.32. The molecule has 0 radical (unpaired) electrons. The van der Waals surface area contributed by atoms with E-state index in [-0.39, 0.29) is 25.2 Å². The lowest BCUT2D eigenvalue weighted by atomic mass is 10.0. The maximum absolute atomic E-state index is 13.0. The summed E-state index contributed by atoms with van der Waals surface area (Å²) in [6, 6.07) is 5.01. The molecule has 0 aliphatic heterocycles. The highest BCUT2D eigenvalue weighted by Crippen LogP contribution is 2.08. The van der Waals surface area contributed by atoms with E-state index in [0.29, 0.717) is 5.69 Å². The van der Waals surface area contributed by atoms with Crippen LogP contribution in [0.5, 0.6) is 0 Å². The molecule has 11 heteroatoms. The number of hydrogen-bond donors (Lipinski definition) is 6. The van der Waals surface area contributed by atoms with Crippen molar-refractivity contribution in [1.82, 2.24) is 25.9 Å². The minimum atomic E-state index is -1.15. The Kier molecular flexibility index (Phi) is 10.4. The predicted octanol–water partition coefficient (Wildman–Crippen LogP) is 0.127. The van der Waals surface area contributed by atoms with Crippen LogP contribution in [-0.4, -0.2) is 62.9 Å². The summed E-state index contributed by atoms with van der Waals surface area (Å²) < 4.78 is 0. The highest BCUT2D eigenvalue weighted by molar-refractivity contribution is 5.94. The molecule has 0 aliphatic rings. The Bertz CT molecular complexity index is 980. The number of carboxylic acid groups (broad SMARTS) is 1. The maximum Gasteiger partial charge on any atom is 0.326 e. The number of aliphatic carboxylic acids is 1. The molecule has 0 saturated heterocycles. The summed E-state index contributed by atoms with van der Waals surface area (Å²) in [5, 5.41) is 17.2. The fourth-order valence-electron chi connectivity index (χ4n) is 3.43. The zero-order valence-electron chi connectivity index (χ0n) is 20.2. The molecule has 7 N–H and O–H groups in total. The number of imidazole rings is 1. The first-order valence-corrected chi connectivity index (χ1v) is 11.5. The fraction of sp³-hybridized carbons (Fsp3) is 0.458. The molecule has 1 heterocycles. The molecule has 11 nitrogen and oxygen atoms in total. The molecule has 0 aliphatic carbocycles. The van der Waals surface area contributed by atoms with Crippen molar-refractivity contribution in [2.24, 2.45) is 11.7 Å². The van der Waals surface area contributed by atoms with Gasteiger partial charge in [-0.15, -0.1) is 0 Å². The summed E-state index contributed by atoms with van der Waals surface area (Å²) in [5.74, 6) is -2.86. The lowest BCUT2D eigenvalue weighted by molar-refractivity contribution is -0.142. The monoisotopic (exact) mass is 486 g/mol. The SMILES string of the molecule is CC(C)CC(NC(=O)C(Cc1ccccc1)NC(=O)C(C)NC(=O)C(N)Cc1cnc[nH]1)C(=O)O. The van der Waals surface area contributed by atoms with E-state index in [2.05, 4.69) is 25.9 Å². The first-order valence-electron chi connectivity index (χ1n) is 11.5. The van der Waals surface area contributed by atoms with Crippen LogP contribution in [0.4, 0.5) is 0 Å². The van der Waals surface area contributed by atoms with Crippen molar-refractivity contribution < 1.29 is 24.3 Å². The number of nitrogens with two attached hydrogens (primary N) is 1. The second-order valence-electron chi connectivity index (χ2n) is 8.90. The predicted molar refractivity (Wildman–Crippen MR) is 129 cm³/mol. The third-order valence-electron chi connectivity index (χ3n) is 5.32. The Morgan fingerprint density at radius 3 is 2.17 bits per heavy atom. The van der Waals surface area contributed by atoms with Crippen LogP contribution < -0.4 is 21.7 Å². The number of nitrogens with one attached hydrogen (secondary N) is 4. The molecule has 0 bridgehead atoms. The topological polar surface area (TPSA) is 179 Å². The van der Waals surface area contributed by atoms with Crippen molar-refractivity contribution >= 4 is 23.7 Å². The minimum absolute atomic E-state index is 0.0415. The summed E-state index contributed by atoms with van der Waals surface area (Å²) in [5.41, 5.74) is 7.38. The van der Waals surface area contributed by atoms with Gasteiger partial charge < -0.3 is 31.8 Å². The Balaban J connectivity index is 2.06. The van der Waals surface area contributed by atoms with Gasteiger partial charge in [0, 0.05) is 24.7 Å². The second kappa shape index (κ2) is 13.2. The van der Waals surface area contributed by atoms with Crippen molar-refractivity contribution in [2.75, 3.05) is 0 Å². The van der Waals surface area contributed by atoms with Gasteiger partial charge in [-0.2, -0.15) is 0 Å². The average Bonchev–Trinajstić information content (AvgIpc) is 3.31. The van der Waals surface area contributed by atoms with E-state index in [0.717, 1.165) is 5.56 Å². The van der Waals surface area contributed by atoms with Crippen LogP contribution in [0.2, 0.25) is 0 Å². The normalized spacial score (nSPS) is 14.4. The number of amides is 3.